The molecule has 43 heavy (non-hydrogen) atoms. The van der Waals surface area contributed by atoms with Crippen LogP contribution in [0.5, 0.6) is 0 Å². The Morgan fingerprint density at radius 2 is 1.86 bits per heavy atom. The summed E-state index contributed by atoms with van der Waals surface area (Å²) in [5.41, 5.74) is -0.467. The minimum absolute atomic E-state index is 0.0466. The number of nitrogens with zero attached hydrogens (tertiary/aromatic N) is 3. The van der Waals surface area contributed by atoms with Crippen LogP contribution in [0.2, 0.25) is 0 Å². The number of hydrogen-bond donors (Lipinski definition) is 2. The molecule has 0 aliphatic carbocycles. The van der Waals surface area contributed by atoms with E-state index in [1.54, 1.807) is 17.9 Å². The summed E-state index contributed by atoms with van der Waals surface area (Å²) < 4.78 is 17.1. The van der Waals surface area contributed by atoms with Crippen molar-refractivity contribution in [3.05, 3.63) is 36.0 Å². The Morgan fingerprint density at radius 3 is 2.53 bits per heavy atom. The number of ether oxygens (including phenoxy) is 3. The number of likely N-dealkylation sites (N-methyl/N-ethyl adjacent to an activating group) is 1. The van der Waals surface area contributed by atoms with E-state index in [1.165, 1.54) is 4.90 Å². The first-order chi connectivity index (χ1) is 20.4. The van der Waals surface area contributed by atoms with Gasteiger partial charge in [-0.25, -0.2) is 9.59 Å². The van der Waals surface area contributed by atoms with Crippen molar-refractivity contribution in [2.45, 2.75) is 83.7 Å². The van der Waals surface area contributed by atoms with Crippen molar-refractivity contribution in [1.82, 2.24) is 14.7 Å². The van der Waals surface area contributed by atoms with Crippen LogP contribution >= 0.6 is 0 Å². The predicted molar refractivity (Wildman–Crippen MR) is 162 cm³/mol. The molecule has 0 spiro atoms. The van der Waals surface area contributed by atoms with Gasteiger partial charge in [-0.05, 0) is 58.2 Å². The molecule has 0 aromatic rings. The number of carbonyl (C=O) groups is 3. The normalized spacial score (nSPS) is 31.6. The van der Waals surface area contributed by atoms with Gasteiger partial charge >= 0.3 is 18.2 Å². The Morgan fingerprint density at radius 1 is 1.14 bits per heavy atom. The average molecular weight is 606 g/mol. The summed E-state index contributed by atoms with van der Waals surface area (Å²) >= 11 is 0. The second-order valence-electron chi connectivity index (χ2n) is 12.6. The zero-order chi connectivity index (χ0) is 31.6. The summed E-state index contributed by atoms with van der Waals surface area (Å²) in [5, 5.41) is 20.9. The van der Waals surface area contributed by atoms with E-state index < -0.39 is 36.1 Å². The standard InChI is InChI=1S/C32H51N3O8/c1-23(22-41-30(38)35-16-14-26(36)21-35)9-8-10-24(2)29-25(3)12-13-27(32(4,40)15-7-6-11-28(37)43-29)42-31(39)34-19-17-33(5)18-20-34/h8-10,12-13,23,25-27,29,36,40H,6-7,11,14-22H2,1-5H3/b9-8+,13-12+,24-10+/t23-,25+,26-,27+,29-,32+/m1/s1. The first kappa shape index (κ1) is 34.6. The van der Waals surface area contributed by atoms with Gasteiger partial charge in [-0.1, -0.05) is 38.2 Å². The molecule has 0 radical (unpaired) electrons. The van der Waals surface area contributed by atoms with Crippen LogP contribution in [0.15, 0.2) is 36.0 Å². The summed E-state index contributed by atoms with van der Waals surface area (Å²) in [6, 6.07) is 0. The van der Waals surface area contributed by atoms with Gasteiger partial charge in [-0.15, -0.1) is 0 Å². The molecule has 242 valence electrons. The number of allylic oxidation sites excluding steroid dienone is 2. The number of likely N-dealkylation sites (tertiary alicyclic amines) is 1. The Balaban J connectivity index is 1.66. The van der Waals surface area contributed by atoms with Gasteiger partial charge in [0.25, 0.3) is 0 Å². The quantitative estimate of drug-likeness (QED) is 0.202. The van der Waals surface area contributed by atoms with Gasteiger partial charge in [0, 0.05) is 57.5 Å². The lowest BCUT2D eigenvalue weighted by atomic mass is 9.89. The predicted octanol–water partition coefficient (Wildman–Crippen LogP) is 3.51. The molecule has 0 saturated carbocycles. The van der Waals surface area contributed by atoms with E-state index >= 15 is 0 Å². The fourth-order valence-corrected chi connectivity index (χ4v) is 5.38. The minimum Gasteiger partial charge on any atom is -0.457 e. The Bertz CT molecular complexity index is 1030. The van der Waals surface area contributed by atoms with Crippen molar-refractivity contribution in [3.8, 4) is 0 Å². The SMILES string of the molecule is C/C(=C\C=C\[C@@H](C)COC(=O)N1CC[C@@H](O)C1)[C@H]1OC(=O)CCCC[C@](C)(O)[C@@H](OC(=O)N2CCN(C)CC2)/C=C/[C@@H]1C. The number of rotatable bonds is 6. The minimum atomic E-state index is -1.29. The highest BCUT2D eigenvalue weighted by Gasteiger charge is 2.35. The molecule has 6 atom stereocenters. The van der Waals surface area contributed by atoms with Crippen LogP contribution in [0.25, 0.3) is 0 Å². The maximum absolute atomic E-state index is 13.0. The van der Waals surface area contributed by atoms with Crippen LogP contribution in [0, 0.1) is 11.8 Å². The van der Waals surface area contributed by atoms with E-state index in [4.69, 9.17) is 14.2 Å². The zero-order valence-corrected chi connectivity index (χ0v) is 26.4. The lowest BCUT2D eigenvalue weighted by Crippen LogP contribution is -2.50. The van der Waals surface area contributed by atoms with Crippen molar-refractivity contribution in [2.24, 2.45) is 11.8 Å². The summed E-state index contributed by atoms with van der Waals surface area (Å²) in [7, 11) is 2.01. The molecule has 3 heterocycles. The smallest absolute Gasteiger partial charge is 0.410 e. The van der Waals surface area contributed by atoms with E-state index in [2.05, 4.69) is 4.90 Å². The number of esters is 1. The van der Waals surface area contributed by atoms with E-state index in [1.807, 2.05) is 52.1 Å². The number of carbonyl (C=O) groups excluding carboxylic acids is 3. The number of hydrogen-bond acceptors (Lipinski definition) is 9. The molecule has 0 aromatic carbocycles. The third kappa shape index (κ3) is 11.0. The Kier molecular flexibility index (Phi) is 13.1. The average Bonchev–Trinajstić information content (AvgIpc) is 3.40. The molecular formula is C32H51N3O8. The van der Waals surface area contributed by atoms with E-state index in [-0.39, 0.29) is 30.8 Å². The number of aliphatic hydroxyl groups excluding tert-OH is 1. The topological polar surface area (TPSA) is 129 Å². The van der Waals surface area contributed by atoms with Gasteiger partial charge in [0.2, 0.25) is 0 Å². The van der Waals surface area contributed by atoms with E-state index in [9.17, 15) is 24.6 Å². The lowest BCUT2D eigenvalue weighted by molar-refractivity contribution is -0.149. The molecule has 11 nitrogen and oxygen atoms in total. The number of cyclic esters (lactones) is 1. The van der Waals surface area contributed by atoms with Gasteiger partial charge in [0.15, 0.2) is 6.10 Å². The zero-order valence-electron chi connectivity index (χ0n) is 26.4. The molecule has 3 aliphatic heterocycles. The fourth-order valence-electron chi connectivity index (χ4n) is 5.38. The number of amides is 2. The maximum atomic E-state index is 13.0. The lowest BCUT2D eigenvalue weighted by Gasteiger charge is -2.36. The second-order valence-corrected chi connectivity index (χ2v) is 12.6. The first-order valence-corrected chi connectivity index (χ1v) is 15.5. The van der Waals surface area contributed by atoms with E-state index in [0.29, 0.717) is 51.9 Å². The molecule has 2 fully saturated rings. The molecule has 0 unspecified atom stereocenters. The number of piperazine rings is 1. The van der Waals surface area contributed by atoms with Crippen LogP contribution in [0.1, 0.15) is 59.8 Å². The highest BCUT2D eigenvalue weighted by molar-refractivity contribution is 5.70. The van der Waals surface area contributed by atoms with Crippen LogP contribution in [-0.4, -0.2) is 120 Å². The highest BCUT2D eigenvalue weighted by atomic mass is 16.6. The molecule has 11 heteroatoms. The molecule has 2 amide bonds. The molecule has 2 N–H and O–H groups in total. The van der Waals surface area contributed by atoms with Crippen molar-refractivity contribution in [3.63, 3.8) is 0 Å². The third-order valence-corrected chi connectivity index (χ3v) is 8.38. The molecule has 2 saturated heterocycles. The van der Waals surface area contributed by atoms with Crippen LogP contribution < -0.4 is 0 Å². The molecule has 3 rings (SSSR count). The van der Waals surface area contributed by atoms with Crippen molar-refractivity contribution in [1.29, 1.82) is 0 Å². The molecule has 0 bridgehead atoms. The summed E-state index contributed by atoms with van der Waals surface area (Å²) in [6.45, 7) is 11.1. The van der Waals surface area contributed by atoms with Crippen molar-refractivity contribution < 1.29 is 38.8 Å². The number of aliphatic hydroxyl groups is 2. The third-order valence-electron chi connectivity index (χ3n) is 8.38. The maximum Gasteiger partial charge on any atom is 0.410 e. The van der Waals surface area contributed by atoms with Crippen LogP contribution in [0.4, 0.5) is 9.59 Å². The van der Waals surface area contributed by atoms with Crippen molar-refractivity contribution >= 4 is 18.2 Å². The van der Waals surface area contributed by atoms with Crippen LogP contribution in [0.3, 0.4) is 0 Å². The Hall–Kier alpha value is -2.89. The second kappa shape index (κ2) is 16.3. The first-order valence-electron chi connectivity index (χ1n) is 15.5. The Labute approximate surface area is 256 Å². The molecule has 3 aliphatic rings. The molecule has 0 aromatic heterocycles. The summed E-state index contributed by atoms with van der Waals surface area (Å²) in [4.78, 5) is 43.2. The monoisotopic (exact) mass is 605 g/mol. The van der Waals surface area contributed by atoms with Crippen LogP contribution in [-0.2, 0) is 19.0 Å². The van der Waals surface area contributed by atoms with Gasteiger partial charge < -0.3 is 39.1 Å². The summed E-state index contributed by atoms with van der Waals surface area (Å²) in [6.07, 6.45) is 8.76. The van der Waals surface area contributed by atoms with Crippen molar-refractivity contribution in [2.75, 3.05) is 52.9 Å². The van der Waals surface area contributed by atoms with Gasteiger partial charge in [-0.2, -0.15) is 0 Å². The summed E-state index contributed by atoms with van der Waals surface area (Å²) in [5.74, 6) is -0.606. The highest BCUT2D eigenvalue weighted by Crippen LogP contribution is 2.27. The fraction of sp³-hybridized carbons (Fsp3) is 0.719. The van der Waals surface area contributed by atoms with Gasteiger partial charge in [0.1, 0.15) is 11.7 Å². The largest absolute Gasteiger partial charge is 0.457 e. The molecular weight excluding hydrogens is 554 g/mol. The van der Waals surface area contributed by atoms with Gasteiger partial charge in [0.05, 0.1) is 12.7 Å². The number of β-amino-alcohol motifs (C(OH)–C–C–N with tert-alkyl or cyclic N) is 1. The van der Waals surface area contributed by atoms with E-state index in [0.717, 1.165) is 18.7 Å². The van der Waals surface area contributed by atoms with Gasteiger partial charge in [-0.3, -0.25) is 4.79 Å².